The zero-order chi connectivity index (χ0) is 15.7. The van der Waals surface area contributed by atoms with E-state index in [1.807, 2.05) is 30.3 Å². The van der Waals surface area contributed by atoms with Crippen LogP contribution in [-0.4, -0.2) is 11.8 Å². The fourth-order valence-corrected chi connectivity index (χ4v) is 4.24. The summed E-state index contributed by atoms with van der Waals surface area (Å²) < 4.78 is 9.28. The van der Waals surface area contributed by atoms with Gasteiger partial charge in [0, 0.05) is 15.7 Å². The Labute approximate surface area is 139 Å². The van der Waals surface area contributed by atoms with Crippen LogP contribution < -0.4 is 4.72 Å². The molecule has 0 unspecified atom stereocenters. The predicted molar refractivity (Wildman–Crippen MR) is 94.6 cm³/mol. The van der Waals surface area contributed by atoms with Crippen molar-refractivity contribution in [1.29, 1.82) is 0 Å². The van der Waals surface area contributed by atoms with Crippen molar-refractivity contribution in [3.63, 3.8) is 0 Å². The first-order valence-electron chi connectivity index (χ1n) is 8.11. The molecule has 2 aromatic carbocycles. The van der Waals surface area contributed by atoms with Crippen molar-refractivity contribution in [1.82, 2.24) is 4.72 Å². The van der Waals surface area contributed by atoms with E-state index in [4.69, 9.17) is 4.42 Å². The number of fused-ring (bicyclic) bond motifs is 3. The van der Waals surface area contributed by atoms with Gasteiger partial charge in [-0.3, -0.25) is 0 Å². The lowest BCUT2D eigenvalue weighted by molar-refractivity contribution is -0.113. The van der Waals surface area contributed by atoms with Gasteiger partial charge in [0.25, 0.3) is 0 Å². The summed E-state index contributed by atoms with van der Waals surface area (Å²) in [6.45, 7) is 0. The molecule has 3 aromatic rings. The summed E-state index contributed by atoms with van der Waals surface area (Å²) in [5, 5.41) is 2.25. The number of aldehydes is 1. The molecule has 3 nitrogen and oxygen atoms in total. The van der Waals surface area contributed by atoms with Crippen molar-refractivity contribution in [2.24, 2.45) is 0 Å². The molecule has 4 rings (SSSR count). The van der Waals surface area contributed by atoms with Gasteiger partial charge in [-0.25, -0.2) is 4.72 Å². The molecule has 0 spiro atoms. The third-order valence-electron chi connectivity index (χ3n) is 4.69. The summed E-state index contributed by atoms with van der Waals surface area (Å²) in [6, 6.07) is 14.3. The molecule has 0 aliphatic heterocycles. The first-order valence-corrected chi connectivity index (χ1v) is 8.93. The van der Waals surface area contributed by atoms with Crippen molar-refractivity contribution >= 4 is 40.2 Å². The summed E-state index contributed by atoms with van der Waals surface area (Å²) in [4.78, 5) is 12.7. The van der Waals surface area contributed by atoms with E-state index in [1.165, 1.54) is 6.42 Å². The number of nitrogens with one attached hydrogen (secondary N) is 1. The van der Waals surface area contributed by atoms with E-state index in [1.54, 1.807) is 11.9 Å². The molecule has 1 aromatic heterocycles. The van der Waals surface area contributed by atoms with E-state index in [2.05, 4.69) is 16.9 Å². The highest BCUT2D eigenvalue weighted by atomic mass is 32.2. The first kappa shape index (κ1) is 14.8. The van der Waals surface area contributed by atoms with Crippen molar-refractivity contribution in [2.45, 2.75) is 42.5 Å². The van der Waals surface area contributed by atoms with E-state index in [0.717, 1.165) is 58.8 Å². The molecule has 118 valence electrons. The summed E-state index contributed by atoms with van der Waals surface area (Å²) in [5.41, 5.74) is 1.45. The fraction of sp³-hybridized carbons (Fsp3) is 0.316. The number of para-hydroxylation sites is 1. The second kappa shape index (κ2) is 6.02. The summed E-state index contributed by atoms with van der Waals surface area (Å²) in [7, 11) is 0. The minimum atomic E-state index is -0.365. The molecule has 0 bridgehead atoms. The van der Waals surface area contributed by atoms with Crippen LogP contribution in [-0.2, 0) is 4.79 Å². The lowest BCUT2D eigenvalue weighted by atomic mass is 9.84. The Morgan fingerprint density at radius 1 is 1.00 bits per heavy atom. The average Bonchev–Trinajstić information content (AvgIpc) is 2.99. The maximum atomic E-state index is 11.6. The van der Waals surface area contributed by atoms with Crippen molar-refractivity contribution < 1.29 is 9.21 Å². The van der Waals surface area contributed by atoms with Crippen LogP contribution in [0.4, 0.5) is 0 Å². The highest BCUT2D eigenvalue weighted by Gasteiger charge is 2.31. The van der Waals surface area contributed by atoms with Gasteiger partial charge in [0.2, 0.25) is 0 Å². The van der Waals surface area contributed by atoms with Gasteiger partial charge in [-0.2, -0.15) is 0 Å². The average molecular weight is 325 g/mol. The molecule has 23 heavy (non-hydrogen) atoms. The van der Waals surface area contributed by atoms with Gasteiger partial charge in [-0.1, -0.05) is 37.5 Å². The number of carbonyl (C=O) groups is 1. The van der Waals surface area contributed by atoms with Crippen LogP contribution in [0.1, 0.15) is 32.1 Å². The van der Waals surface area contributed by atoms with Crippen LogP contribution >= 0.6 is 11.9 Å². The molecule has 1 aliphatic carbocycles. The van der Waals surface area contributed by atoms with Gasteiger partial charge < -0.3 is 9.21 Å². The minimum Gasteiger partial charge on any atom is -0.456 e. The topological polar surface area (TPSA) is 42.2 Å². The standard InChI is InChI=1S/C19H19NO2S/c21-13-19(10-4-1-5-11-19)20-23-14-8-9-18-16(12-14)15-6-2-3-7-17(15)22-18/h2-3,6-9,12-13,20H,1,4-5,10-11H2. The quantitative estimate of drug-likeness (QED) is 0.536. The summed E-state index contributed by atoms with van der Waals surface area (Å²) in [6.07, 6.45) is 6.44. The first-order chi connectivity index (χ1) is 11.3. The Morgan fingerprint density at radius 3 is 2.61 bits per heavy atom. The van der Waals surface area contributed by atoms with Crippen molar-refractivity contribution in [2.75, 3.05) is 0 Å². The van der Waals surface area contributed by atoms with Crippen LogP contribution in [0.15, 0.2) is 51.8 Å². The maximum Gasteiger partial charge on any atom is 0.140 e. The number of carbonyl (C=O) groups excluding carboxylic acids is 1. The number of benzene rings is 2. The molecule has 1 aliphatic rings. The van der Waals surface area contributed by atoms with Crippen LogP contribution in [0.5, 0.6) is 0 Å². The van der Waals surface area contributed by atoms with E-state index in [-0.39, 0.29) is 5.54 Å². The normalized spacial score (nSPS) is 17.6. The second-order valence-electron chi connectivity index (χ2n) is 6.29. The van der Waals surface area contributed by atoms with E-state index in [0.29, 0.717) is 0 Å². The largest absolute Gasteiger partial charge is 0.456 e. The maximum absolute atomic E-state index is 11.6. The lowest BCUT2D eigenvalue weighted by Crippen LogP contribution is -2.44. The third kappa shape index (κ3) is 2.77. The molecule has 1 fully saturated rings. The van der Waals surface area contributed by atoms with E-state index in [9.17, 15) is 4.79 Å². The van der Waals surface area contributed by atoms with Gasteiger partial charge in [0.15, 0.2) is 0 Å². The molecule has 0 radical (unpaired) electrons. The van der Waals surface area contributed by atoms with Gasteiger partial charge >= 0.3 is 0 Å². The molecule has 1 heterocycles. The third-order valence-corrected chi connectivity index (χ3v) is 5.69. The number of furan rings is 1. The monoisotopic (exact) mass is 325 g/mol. The lowest BCUT2D eigenvalue weighted by Gasteiger charge is -2.32. The predicted octanol–water partition coefficient (Wildman–Crippen LogP) is 5.08. The molecule has 1 saturated carbocycles. The highest BCUT2D eigenvalue weighted by Crippen LogP contribution is 2.33. The Bertz CT molecular complexity index is 849. The van der Waals surface area contributed by atoms with E-state index >= 15 is 0 Å². The SMILES string of the molecule is O=CC1(NSc2ccc3oc4ccccc4c3c2)CCCCC1. The molecular weight excluding hydrogens is 306 g/mol. The number of hydrogen-bond donors (Lipinski definition) is 1. The highest BCUT2D eigenvalue weighted by molar-refractivity contribution is 7.97. The number of hydrogen-bond acceptors (Lipinski definition) is 4. The Morgan fingerprint density at radius 2 is 1.78 bits per heavy atom. The zero-order valence-corrected chi connectivity index (χ0v) is 13.7. The minimum absolute atomic E-state index is 0.365. The van der Waals surface area contributed by atoms with Crippen molar-refractivity contribution in [3.05, 3.63) is 42.5 Å². The fourth-order valence-electron chi connectivity index (χ4n) is 3.36. The molecule has 4 heteroatoms. The molecule has 1 N–H and O–H groups in total. The van der Waals surface area contributed by atoms with Crippen LogP contribution in [0, 0.1) is 0 Å². The smallest absolute Gasteiger partial charge is 0.140 e. The van der Waals surface area contributed by atoms with Gasteiger partial charge in [-0.05, 0) is 49.1 Å². The van der Waals surface area contributed by atoms with Gasteiger partial charge in [-0.15, -0.1) is 0 Å². The van der Waals surface area contributed by atoms with Gasteiger partial charge in [0.05, 0.1) is 5.54 Å². The molecule has 0 atom stereocenters. The Balaban J connectivity index is 1.61. The molecular formula is C19H19NO2S. The molecule has 0 amide bonds. The van der Waals surface area contributed by atoms with Crippen LogP contribution in [0.2, 0.25) is 0 Å². The second-order valence-corrected chi connectivity index (χ2v) is 7.17. The van der Waals surface area contributed by atoms with Crippen LogP contribution in [0.25, 0.3) is 21.9 Å². The molecule has 0 saturated heterocycles. The Kier molecular flexibility index (Phi) is 3.87. The summed E-state index contributed by atoms with van der Waals surface area (Å²) in [5.74, 6) is 0. The van der Waals surface area contributed by atoms with Crippen molar-refractivity contribution in [3.8, 4) is 0 Å². The Hall–Kier alpha value is -1.78. The van der Waals surface area contributed by atoms with Gasteiger partial charge in [0.1, 0.15) is 17.5 Å². The zero-order valence-electron chi connectivity index (χ0n) is 12.9. The van der Waals surface area contributed by atoms with E-state index < -0.39 is 0 Å². The van der Waals surface area contributed by atoms with Crippen LogP contribution in [0.3, 0.4) is 0 Å². The summed E-state index contributed by atoms with van der Waals surface area (Å²) >= 11 is 1.55. The number of rotatable bonds is 4.